The van der Waals surface area contributed by atoms with E-state index in [0.29, 0.717) is 31.5 Å². The number of sulfonamides is 1. The van der Waals surface area contributed by atoms with E-state index in [1.165, 1.54) is 6.26 Å². The van der Waals surface area contributed by atoms with E-state index in [-0.39, 0.29) is 24.0 Å². The molecule has 156 valence electrons. The zero-order valence-electron chi connectivity index (χ0n) is 16.6. The molecule has 0 saturated carbocycles. The number of hydrogen-bond donors (Lipinski definition) is 2. The van der Waals surface area contributed by atoms with Crippen molar-refractivity contribution in [3.8, 4) is 0 Å². The molecule has 1 aromatic heterocycles. The van der Waals surface area contributed by atoms with Crippen LogP contribution in [0.5, 0.6) is 0 Å². The summed E-state index contributed by atoms with van der Waals surface area (Å²) in [6.07, 6.45) is 3.04. The Bertz CT molecular complexity index is 698. The Balaban J connectivity index is 0.00000364. The minimum atomic E-state index is -3.06. The molecule has 1 aliphatic heterocycles. The number of thiazole rings is 1. The van der Waals surface area contributed by atoms with Crippen molar-refractivity contribution in [2.24, 2.45) is 10.9 Å². The third-order valence-electron chi connectivity index (χ3n) is 4.48. The molecule has 0 unspecified atom stereocenters. The molecule has 1 fully saturated rings. The van der Waals surface area contributed by atoms with Crippen LogP contribution in [0.25, 0.3) is 0 Å². The maximum absolute atomic E-state index is 11.6. The van der Waals surface area contributed by atoms with E-state index in [4.69, 9.17) is 0 Å². The Morgan fingerprint density at radius 2 is 2.04 bits per heavy atom. The number of nitrogens with zero attached hydrogens (tertiary/aromatic N) is 3. The normalized spacial score (nSPS) is 17.0. The van der Waals surface area contributed by atoms with E-state index in [1.807, 2.05) is 6.92 Å². The summed E-state index contributed by atoms with van der Waals surface area (Å²) >= 11 is 1.65. The summed E-state index contributed by atoms with van der Waals surface area (Å²) in [5, 5.41) is 9.78. The minimum absolute atomic E-state index is 0. The van der Waals surface area contributed by atoms with Crippen molar-refractivity contribution in [2.75, 3.05) is 32.4 Å². The molecule has 0 aliphatic carbocycles. The third kappa shape index (κ3) is 8.20. The lowest BCUT2D eigenvalue weighted by Crippen LogP contribution is -2.44. The van der Waals surface area contributed by atoms with Crippen molar-refractivity contribution in [2.45, 2.75) is 46.1 Å². The second-order valence-electron chi connectivity index (χ2n) is 7.00. The Labute approximate surface area is 184 Å². The lowest BCUT2D eigenvalue weighted by molar-refractivity contribution is 0.275. The van der Waals surface area contributed by atoms with Gasteiger partial charge >= 0.3 is 0 Å². The average Bonchev–Trinajstić information content (AvgIpc) is 3.06. The first-order valence-corrected chi connectivity index (χ1v) is 11.9. The predicted octanol–water partition coefficient (Wildman–Crippen LogP) is 2.61. The van der Waals surface area contributed by atoms with Crippen LogP contribution in [0.15, 0.2) is 10.4 Å². The Kier molecular flexibility index (Phi) is 10.5. The molecule has 1 aromatic rings. The number of guanidine groups is 1. The van der Waals surface area contributed by atoms with Crippen molar-refractivity contribution in [3.63, 3.8) is 0 Å². The maximum Gasteiger partial charge on any atom is 0.211 e. The molecule has 10 heteroatoms. The van der Waals surface area contributed by atoms with Crippen LogP contribution < -0.4 is 10.6 Å². The smallest absolute Gasteiger partial charge is 0.211 e. The third-order valence-corrected chi connectivity index (χ3v) is 6.63. The van der Waals surface area contributed by atoms with Crippen LogP contribution >= 0.6 is 35.3 Å². The molecule has 0 aromatic carbocycles. The lowest BCUT2D eigenvalue weighted by atomic mass is 9.98. The number of halogens is 1. The van der Waals surface area contributed by atoms with Gasteiger partial charge in [-0.1, -0.05) is 13.8 Å². The zero-order valence-corrected chi connectivity index (χ0v) is 20.5. The molecule has 7 nitrogen and oxygen atoms in total. The van der Waals surface area contributed by atoms with Crippen molar-refractivity contribution in [1.82, 2.24) is 19.9 Å². The van der Waals surface area contributed by atoms with Crippen molar-refractivity contribution in [1.29, 1.82) is 0 Å². The molecule has 0 atom stereocenters. The van der Waals surface area contributed by atoms with Crippen LogP contribution in [0.4, 0.5) is 0 Å². The van der Waals surface area contributed by atoms with Crippen LogP contribution in [-0.2, 0) is 16.6 Å². The average molecular weight is 530 g/mol. The number of hydrogen-bond acceptors (Lipinski definition) is 5. The number of aliphatic imine (C=N–C) groups is 1. The van der Waals surface area contributed by atoms with Gasteiger partial charge in [0, 0.05) is 31.6 Å². The summed E-state index contributed by atoms with van der Waals surface area (Å²) in [4.78, 5) is 9.25. The highest BCUT2D eigenvalue weighted by Crippen LogP contribution is 2.19. The van der Waals surface area contributed by atoms with E-state index in [1.54, 1.807) is 15.6 Å². The number of rotatable bonds is 7. The molecular weight excluding hydrogens is 497 g/mol. The number of nitrogens with one attached hydrogen (secondary N) is 2. The van der Waals surface area contributed by atoms with E-state index >= 15 is 0 Å². The fourth-order valence-corrected chi connectivity index (χ4v) is 4.59. The lowest BCUT2D eigenvalue weighted by Gasteiger charge is -2.30. The first-order valence-electron chi connectivity index (χ1n) is 9.21. The summed E-state index contributed by atoms with van der Waals surface area (Å²) in [6.45, 7) is 9.71. The highest BCUT2D eigenvalue weighted by Gasteiger charge is 2.24. The van der Waals surface area contributed by atoms with Crippen LogP contribution in [0.1, 0.15) is 50.2 Å². The molecule has 1 saturated heterocycles. The molecular formula is C17H32IN5O2S2. The Morgan fingerprint density at radius 1 is 1.37 bits per heavy atom. The van der Waals surface area contributed by atoms with Crippen LogP contribution in [0.2, 0.25) is 0 Å². The van der Waals surface area contributed by atoms with Crippen LogP contribution in [0, 0.1) is 5.92 Å². The van der Waals surface area contributed by atoms with Gasteiger partial charge in [0.25, 0.3) is 0 Å². The molecule has 0 amide bonds. The van der Waals surface area contributed by atoms with Crippen molar-refractivity contribution in [3.05, 3.63) is 16.1 Å². The fraction of sp³-hybridized carbons (Fsp3) is 0.765. The largest absolute Gasteiger partial charge is 0.357 e. The SMILES string of the molecule is CCNC(=NCc1nc(C(C)C)cs1)NCC1CCN(S(C)(=O)=O)CC1.I. The number of piperidine rings is 1. The minimum Gasteiger partial charge on any atom is -0.357 e. The van der Waals surface area contributed by atoms with E-state index in [0.717, 1.165) is 42.6 Å². The summed E-state index contributed by atoms with van der Waals surface area (Å²) in [6, 6.07) is 0. The summed E-state index contributed by atoms with van der Waals surface area (Å²) in [7, 11) is -3.06. The summed E-state index contributed by atoms with van der Waals surface area (Å²) in [5.74, 6) is 1.69. The molecule has 27 heavy (non-hydrogen) atoms. The summed E-state index contributed by atoms with van der Waals surface area (Å²) in [5.41, 5.74) is 1.12. The molecule has 0 radical (unpaired) electrons. The molecule has 2 rings (SSSR count). The zero-order chi connectivity index (χ0) is 19.2. The van der Waals surface area contributed by atoms with Gasteiger partial charge in [-0.25, -0.2) is 22.7 Å². The monoisotopic (exact) mass is 529 g/mol. The Hall–Kier alpha value is -0.460. The highest BCUT2D eigenvalue weighted by molar-refractivity contribution is 14.0. The quantitative estimate of drug-likeness (QED) is 0.322. The fourth-order valence-electron chi connectivity index (χ4n) is 2.84. The topological polar surface area (TPSA) is 86.7 Å². The van der Waals surface area contributed by atoms with Gasteiger partial charge in [0.15, 0.2) is 5.96 Å². The van der Waals surface area contributed by atoms with E-state index in [2.05, 4.69) is 39.8 Å². The van der Waals surface area contributed by atoms with Gasteiger partial charge in [-0.3, -0.25) is 0 Å². The molecule has 2 heterocycles. The standard InChI is InChI=1S/C17H31N5O2S2.HI/c1-5-18-17(20-11-16-21-15(12-25-16)13(2)3)19-10-14-6-8-22(9-7-14)26(4,23)24;/h12-14H,5-11H2,1-4H3,(H2,18,19,20);1H. The van der Waals surface area contributed by atoms with E-state index in [9.17, 15) is 8.42 Å². The maximum atomic E-state index is 11.6. The van der Waals surface area contributed by atoms with E-state index < -0.39 is 10.0 Å². The van der Waals surface area contributed by atoms with Gasteiger partial charge in [-0.2, -0.15) is 0 Å². The molecule has 0 spiro atoms. The van der Waals surface area contributed by atoms with Gasteiger partial charge in [0.2, 0.25) is 10.0 Å². The highest BCUT2D eigenvalue weighted by atomic mass is 127. The van der Waals surface area contributed by atoms with Crippen LogP contribution in [-0.4, -0.2) is 56.1 Å². The first-order chi connectivity index (χ1) is 12.3. The molecule has 2 N–H and O–H groups in total. The second-order valence-corrected chi connectivity index (χ2v) is 9.93. The van der Waals surface area contributed by atoms with Gasteiger partial charge in [0.05, 0.1) is 18.5 Å². The van der Waals surface area contributed by atoms with Crippen LogP contribution in [0.3, 0.4) is 0 Å². The second kappa shape index (κ2) is 11.5. The van der Waals surface area contributed by atoms with Gasteiger partial charge in [0.1, 0.15) is 5.01 Å². The predicted molar refractivity (Wildman–Crippen MR) is 124 cm³/mol. The molecule has 0 bridgehead atoms. The number of aromatic nitrogens is 1. The van der Waals surface area contributed by atoms with Gasteiger partial charge in [-0.15, -0.1) is 35.3 Å². The Morgan fingerprint density at radius 3 is 2.56 bits per heavy atom. The van der Waals surface area contributed by atoms with Gasteiger partial charge < -0.3 is 10.6 Å². The van der Waals surface area contributed by atoms with Crippen molar-refractivity contribution >= 4 is 51.3 Å². The molecule has 1 aliphatic rings. The van der Waals surface area contributed by atoms with Crippen molar-refractivity contribution < 1.29 is 8.42 Å². The first kappa shape index (κ1) is 24.6. The van der Waals surface area contributed by atoms with Gasteiger partial charge in [-0.05, 0) is 31.6 Å². The summed E-state index contributed by atoms with van der Waals surface area (Å²) < 4.78 is 24.7.